The van der Waals surface area contributed by atoms with Gasteiger partial charge in [-0.1, -0.05) is 12.1 Å². The summed E-state index contributed by atoms with van der Waals surface area (Å²) >= 11 is 1.51. The molecule has 11 heteroatoms. The average Bonchev–Trinajstić information content (AvgIpc) is 3.41. The monoisotopic (exact) mass is 495 g/mol. The molecule has 35 heavy (non-hydrogen) atoms. The molecule has 9 nitrogen and oxygen atoms in total. The highest BCUT2D eigenvalue weighted by Crippen LogP contribution is 2.37. The fourth-order valence-corrected chi connectivity index (χ4v) is 4.07. The van der Waals surface area contributed by atoms with Crippen LogP contribution in [0.4, 0.5) is 15.9 Å². The van der Waals surface area contributed by atoms with Crippen molar-refractivity contribution >= 4 is 22.8 Å². The maximum Gasteiger partial charge on any atom is 0.254 e. The molecule has 0 aliphatic heterocycles. The maximum absolute atomic E-state index is 14.1. The molecule has 0 fully saturated rings. The first-order chi connectivity index (χ1) is 16.9. The fourth-order valence-electron chi connectivity index (χ4n) is 3.36. The summed E-state index contributed by atoms with van der Waals surface area (Å²) in [5.74, 6) is 0.581. The van der Waals surface area contributed by atoms with Crippen molar-refractivity contribution in [2.75, 3.05) is 18.9 Å². The largest absolute Gasteiger partial charge is 0.488 e. The molecule has 0 saturated heterocycles. The van der Waals surface area contributed by atoms with Crippen molar-refractivity contribution in [2.45, 2.75) is 19.6 Å². The Morgan fingerprint density at radius 2 is 1.86 bits per heavy atom. The van der Waals surface area contributed by atoms with E-state index in [-0.39, 0.29) is 37.1 Å². The number of rotatable bonds is 9. The minimum Gasteiger partial charge on any atom is -0.488 e. The first-order valence-corrected chi connectivity index (χ1v) is 11.3. The van der Waals surface area contributed by atoms with Crippen LogP contribution in [0.2, 0.25) is 0 Å². The number of aliphatic hydroxyl groups is 2. The second-order valence-corrected chi connectivity index (χ2v) is 8.86. The third-order valence-electron chi connectivity index (χ3n) is 5.06. The summed E-state index contributed by atoms with van der Waals surface area (Å²) in [4.78, 5) is 8.55. The Balaban J connectivity index is 1.52. The van der Waals surface area contributed by atoms with Crippen molar-refractivity contribution in [3.8, 4) is 28.5 Å². The molecule has 0 aliphatic rings. The van der Waals surface area contributed by atoms with E-state index in [2.05, 4.69) is 14.9 Å². The van der Waals surface area contributed by atoms with Gasteiger partial charge in [-0.3, -0.25) is 4.68 Å². The van der Waals surface area contributed by atoms with E-state index in [1.165, 1.54) is 28.2 Å². The van der Waals surface area contributed by atoms with Crippen molar-refractivity contribution in [3.05, 3.63) is 75.8 Å². The van der Waals surface area contributed by atoms with E-state index < -0.39 is 11.9 Å². The molecule has 0 bridgehead atoms. The number of nitrogens with two attached hydrogens (primary N) is 1. The summed E-state index contributed by atoms with van der Waals surface area (Å²) in [5.41, 5.74) is 7.04. The topological polar surface area (TPSA) is 120 Å². The van der Waals surface area contributed by atoms with E-state index in [1.807, 2.05) is 6.92 Å². The Labute approximate surface area is 204 Å². The highest BCUT2D eigenvalue weighted by atomic mass is 32.1. The van der Waals surface area contributed by atoms with Gasteiger partial charge in [0, 0.05) is 24.4 Å². The van der Waals surface area contributed by atoms with Crippen molar-refractivity contribution in [3.63, 3.8) is 0 Å². The van der Waals surface area contributed by atoms with Gasteiger partial charge in [-0.2, -0.15) is 5.10 Å². The van der Waals surface area contributed by atoms with E-state index >= 15 is 0 Å². The van der Waals surface area contributed by atoms with E-state index in [4.69, 9.17) is 21.8 Å². The number of halogens is 1. The zero-order valence-corrected chi connectivity index (χ0v) is 19.5. The van der Waals surface area contributed by atoms with Crippen LogP contribution in [0.25, 0.3) is 16.1 Å². The summed E-state index contributed by atoms with van der Waals surface area (Å²) in [7, 11) is 0. The SMILES string of the molecule is [C-]#[N+]c1c(-c2ccc(Oc3cc(F)cc(OCc4cnc(C)s4)c3)cc2)nn(C(CO)CO)c1N. The van der Waals surface area contributed by atoms with Gasteiger partial charge in [0.25, 0.3) is 5.69 Å². The lowest BCUT2D eigenvalue weighted by molar-refractivity contribution is 0.148. The van der Waals surface area contributed by atoms with Crippen molar-refractivity contribution < 1.29 is 24.1 Å². The second-order valence-electron chi connectivity index (χ2n) is 7.54. The summed E-state index contributed by atoms with van der Waals surface area (Å²) in [6.45, 7) is 8.87. The maximum atomic E-state index is 14.1. The number of aryl methyl sites for hydroxylation is 1. The van der Waals surface area contributed by atoms with Crippen LogP contribution in [0, 0.1) is 19.3 Å². The number of anilines is 1. The molecule has 0 radical (unpaired) electrons. The van der Waals surface area contributed by atoms with Gasteiger partial charge in [0.05, 0.1) is 35.7 Å². The predicted octanol–water partition coefficient (Wildman–Crippen LogP) is 4.48. The Kier molecular flexibility index (Phi) is 7.26. The van der Waals surface area contributed by atoms with Crippen LogP contribution < -0.4 is 15.2 Å². The van der Waals surface area contributed by atoms with Crippen molar-refractivity contribution in [1.29, 1.82) is 0 Å². The number of hydrogen-bond donors (Lipinski definition) is 3. The zero-order chi connectivity index (χ0) is 24.9. The second kappa shape index (κ2) is 10.5. The number of ether oxygens (including phenoxy) is 2. The molecule has 0 spiro atoms. The zero-order valence-electron chi connectivity index (χ0n) is 18.7. The minimum absolute atomic E-state index is 0.0595. The summed E-state index contributed by atoms with van der Waals surface area (Å²) < 4.78 is 26.9. The van der Waals surface area contributed by atoms with Crippen LogP contribution in [0.15, 0.2) is 48.7 Å². The third-order valence-corrected chi connectivity index (χ3v) is 5.95. The van der Waals surface area contributed by atoms with Gasteiger partial charge in [-0.25, -0.2) is 14.2 Å². The number of hydrogen-bond acceptors (Lipinski definition) is 8. The fraction of sp³-hybridized carbons (Fsp3) is 0.208. The lowest BCUT2D eigenvalue weighted by Crippen LogP contribution is -2.20. The molecule has 2 heterocycles. The average molecular weight is 496 g/mol. The number of benzene rings is 2. The summed E-state index contributed by atoms with van der Waals surface area (Å²) in [5, 5.41) is 24.1. The van der Waals surface area contributed by atoms with E-state index in [9.17, 15) is 14.6 Å². The van der Waals surface area contributed by atoms with Crippen LogP contribution in [0.5, 0.6) is 17.2 Å². The first kappa shape index (κ1) is 24.2. The molecule has 4 aromatic rings. The highest BCUT2D eigenvalue weighted by molar-refractivity contribution is 7.11. The van der Waals surface area contributed by atoms with Crippen LogP contribution in [0.1, 0.15) is 15.9 Å². The molecule has 0 saturated carbocycles. The minimum atomic E-state index is -0.753. The number of nitrogen functional groups attached to an aromatic ring is 1. The van der Waals surface area contributed by atoms with Crippen LogP contribution >= 0.6 is 11.3 Å². The van der Waals surface area contributed by atoms with E-state index in [1.54, 1.807) is 36.5 Å². The van der Waals surface area contributed by atoms with Gasteiger partial charge in [0.2, 0.25) is 0 Å². The Morgan fingerprint density at radius 1 is 1.14 bits per heavy atom. The van der Waals surface area contributed by atoms with E-state index in [0.717, 1.165) is 9.88 Å². The Morgan fingerprint density at radius 3 is 2.49 bits per heavy atom. The van der Waals surface area contributed by atoms with Crippen LogP contribution in [-0.4, -0.2) is 38.2 Å². The number of nitrogens with zero attached hydrogens (tertiary/aromatic N) is 4. The third kappa shape index (κ3) is 5.41. The molecule has 0 atom stereocenters. The van der Waals surface area contributed by atoms with Gasteiger partial charge in [-0.05, 0) is 24.6 Å². The highest BCUT2D eigenvalue weighted by Gasteiger charge is 2.22. The lowest BCUT2D eigenvalue weighted by Gasteiger charge is -2.13. The summed E-state index contributed by atoms with van der Waals surface area (Å²) in [6.07, 6.45) is 1.72. The molecule has 180 valence electrons. The van der Waals surface area contributed by atoms with Gasteiger partial charge in [0.1, 0.15) is 41.2 Å². The normalized spacial score (nSPS) is 11.0. The molecule has 0 unspecified atom stereocenters. The van der Waals surface area contributed by atoms with E-state index in [0.29, 0.717) is 22.8 Å². The molecule has 4 N–H and O–H groups in total. The molecular weight excluding hydrogens is 473 g/mol. The quantitative estimate of drug-likeness (QED) is 0.293. The van der Waals surface area contributed by atoms with Gasteiger partial charge < -0.3 is 25.4 Å². The van der Waals surface area contributed by atoms with Gasteiger partial charge >= 0.3 is 0 Å². The molecular formula is C24H22FN5O4S. The molecule has 0 amide bonds. The smallest absolute Gasteiger partial charge is 0.254 e. The lowest BCUT2D eigenvalue weighted by atomic mass is 10.1. The number of thiazole rings is 1. The standard InChI is InChI=1S/C24H22FN5O4S/c1-14-28-10-21(35-14)13-33-19-7-16(25)8-20(9-19)34-18-5-3-15(4-6-18)22-23(27-2)24(26)30(29-22)17(11-31)12-32/h3-10,17,31-32H,11-13,26H2,1H3. The molecule has 2 aromatic heterocycles. The molecule has 4 rings (SSSR count). The van der Waals surface area contributed by atoms with Gasteiger partial charge in [-0.15, -0.1) is 11.3 Å². The summed E-state index contributed by atoms with van der Waals surface area (Å²) in [6, 6.07) is 10.0. The Hall–Kier alpha value is -3.98. The van der Waals surface area contributed by atoms with Crippen molar-refractivity contribution in [1.82, 2.24) is 14.8 Å². The van der Waals surface area contributed by atoms with Crippen LogP contribution in [-0.2, 0) is 6.61 Å². The van der Waals surface area contributed by atoms with Crippen molar-refractivity contribution in [2.24, 2.45) is 0 Å². The number of aromatic nitrogens is 3. The number of aliphatic hydroxyl groups excluding tert-OH is 2. The van der Waals surface area contributed by atoms with Gasteiger partial charge in [0.15, 0.2) is 0 Å². The molecule has 0 aliphatic carbocycles. The predicted molar refractivity (Wildman–Crippen MR) is 129 cm³/mol. The Bertz CT molecular complexity index is 1360. The van der Waals surface area contributed by atoms with Crippen LogP contribution in [0.3, 0.4) is 0 Å². The molecule has 2 aromatic carbocycles. The first-order valence-electron chi connectivity index (χ1n) is 10.5.